The minimum absolute atomic E-state index is 0.352. The minimum Gasteiger partial charge on any atom is -0.467 e. The lowest BCUT2D eigenvalue weighted by atomic mass is 10.1. The molecule has 1 rings (SSSR count). The van der Waals surface area contributed by atoms with E-state index in [4.69, 9.17) is 0 Å². The average Bonchev–Trinajstić information content (AvgIpc) is 2.27. The Balaban J connectivity index is 2.75. The molecule has 0 aliphatic rings. The zero-order chi connectivity index (χ0) is 10.6. The molecule has 0 radical (unpaired) electrons. The average molecular weight is 198 g/mol. The van der Waals surface area contributed by atoms with Crippen molar-refractivity contribution in [3.8, 4) is 0 Å². The Hall–Kier alpha value is -1.42. The van der Waals surface area contributed by atoms with Crippen LogP contribution in [0.1, 0.15) is 11.7 Å². The van der Waals surface area contributed by atoms with Crippen molar-refractivity contribution in [2.75, 3.05) is 7.11 Å². The summed E-state index contributed by atoms with van der Waals surface area (Å²) in [5.74, 6) is -1.07. The molecule has 0 heterocycles. The number of methoxy groups -OCH3 is 1. The van der Waals surface area contributed by atoms with Gasteiger partial charge in [-0.2, -0.15) is 0 Å². The lowest BCUT2D eigenvalue weighted by Gasteiger charge is -2.13. The molecule has 1 aromatic rings. The molecule has 4 heteroatoms. The van der Waals surface area contributed by atoms with Crippen molar-refractivity contribution < 1.29 is 19.0 Å². The van der Waals surface area contributed by atoms with Gasteiger partial charge in [-0.15, -0.1) is 0 Å². The first-order chi connectivity index (χ1) is 6.66. The third kappa shape index (κ3) is 2.29. The largest absolute Gasteiger partial charge is 0.467 e. The third-order valence-corrected chi connectivity index (χ3v) is 1.84. The molecule has 0 spiro atoms. The fourth-order valence-electron chi connectivity index (χ4n) is 1.06. The van der Waals surface area contributed by atoms with E-state index in [1.54, 1.807) is 30.3 Å². The van der Waals surface area contributed by atoms with E-state index in [1.165, 1.54) is 0 Å². The van der Waals surface area contributed by atoms with Gasteiger partial charge in [0.1, 0.15) is 6.10 Å². The van der Waals surface area contributed by atoms with Crippen molar-refractivity contribution in [2.24, 2.45) is 0 Å². The Morgan fingerprint density at radius 1 is 1.43 bits per heavy atom. The molecule has 14 heavy (non-hydrogen) atoms. The normalized spacial score (nSPS) is 14.5. The third-order valence-electron chi connectivity index (χ3n) is 1.84. The number of alkyl halides is 1. The fourth-order valence-corrected chi connectivity index (χ4v) is 1.06. The molecule has 0 bridgehead atoms. The van der Waals surface area contributed by atoms with Crippen LogP contribution in [0.5, 0.6) is 0 Å². The van der Waals surface area contributed by atoms with E-state index < -0.39 is 18.2 Å². The van der Waals surface area contributed by atoms with Crippen LogP contribution in [-0.4, -0.2) is 24.4 Å². The molecule has 1 aromatic carbocycles. The number of ether oxygens (including phenoxy) is 1. The Morgan fingerprint density at radius 3 is 2.50 bits per heavy atom. The number of aliphatic hydroxyl groups is 1. The summed E-state index contributed by atoms with van der Waals surface area (Å²) in [7, 11) is 1.08. The standard InChI is InChI=1S/C10H11FO3/c1-14-10(13)8(11)9(12)7-5-3-2-4-6-7/h2-6,8-9,12H,1H3. The highest BCUT2D eigenvalue weighted by molar-refractivity contribution is 5.75. The van der Waals surface area contributed by atoms with E-state index in [2.05, 4.69) is 4.74 Å². The number of carbonyl (C=O) groups excluding carboxylic acids is 1. The molecule has 0 amide bonds. The highest BCUT2D eigenvalue weighted by atomic mass is 19.1. The zero-order valence-electron chi connectivity index (χ0n) is 7.68. The van der Waals surface area contributed by atoms with E-state index in [0.29, 0.717) is 5.56 Å². The Labute approximate surface area is 81.1 Å². The molecular formula is C10H11FO3. The summed E-state index contributed by atoms with van der Waals surface area (Å²) in [6, 6.07) is 8.13. The second kappa shape index (κ2) is 4.72. The first-order valence-corrected chi connectivity index (χ1v) is 4.11. The molecular weight excluding hydrogens is 187 g/mol. The second-order valence-corrected chi connectivity index (χ2v) is 2.78. The van der Waals surface area contributed by atoms with Gasteiger partial charge >= 0.3 is 5.97 Å². The summed E-state index contributed by atoms with van der Waals surface area (Å²) in [6.45, 7) is 0. The van der Waals surface area contributed by atoms with E-state index in [0.717, 1.165) is 7.11 Å². The van der Waals surface area contributed by atoms with Gasteiger partial charge in [-0.1, -0.05) is 30.3 Å². The Kier molecular flexibility index (Phi) is 3.59. The van der Waals surface area contributed by atoms with Gasteiger partial charge < -0.3 is 9.84 Å². The summed E-state index contributed by atoms with van der Waals surface area (Å²) in [4.78, 5) is 10.8. The van der Waals surface area contributed by atoms with E-state index in [1.807, 2.05) is 0 Å². The number of hydrogen-bond donors (Lipinski definition) is 1. The smallest absolute Gasteiger partial charge is 0.343 e. The number of rotatable bonds is 3. The van der Waals surface area contributed by atoms with Crippen molar-refractivity contribution in [3.05, 3.63) is 35.9 Å². The van der Waals surface area contributed by atoms with Gasteiger partial charge in [0.05, 0.1) is 7.11 Å². The Bertz CT molecular complexity index is 299. The quantitative estimate of drug-likeness (QED) is 0.743. The number of hydrogen-bond acceptors (Lipinski definition) is 3. The van der Waals surface area contributed by atoms with E-state index >= 15 is 0 Å². The summed E-state index contributed by atoms with van der Waals surface area (Å²) in [6.07, 6.45) is -3.51. The highest BCUT2D eigenvalue weighted by Gasteiger charge is 2.28. The van der Waals surface area contributed by atoms with Crippen molar-refractivity contribution in [1.82, 2.24) is 0 Å². The summed E-state index contributed by atoms with van der Waals surface area (Å²) in [5.41, 5.74) is 0.352. The van der Waals surface area contributed by atoms with Crippen LogP contribution < -0.4 is 0 Å². The highest BCUT2D eigenvalue weighted by Crippen LogP contribution is 2.19. The van der Waals surface area contributed by atoms with Crippen LogP contribution in [-0.2, 0) is 9.53 Å². The van der Waals surface area contributed by atoms with Crippen molar-refractivity contribution in [2.45, 2.75) is 12.3 Å². The SMILES string of the molecule is COC(=O)C(F)C(O)c1ccccc1. The molecule has 3 nitrogen and oxygen atoms in total. The van der Waals surface area contributed by atoms with Crippen molar-refractivity contribution in [1.29, 1.82) is 0 Å². The minimum atomic E-state index is -2.04. The number of esters is 1. The number of carbonyl (C=O) groups is 1. The summed E-state index contributed by atoms with van der Waals surface area (Å²) >= 11 is 0. The monoisotopic (exact) mass is 198 g/mol. The molecule has 0 aliphatic heterocycles. The molecule has 2 atom stereocenters. The van der Waals surface area contributed by atoms with Crippen molar-refractivity contribution in [3.63, 3.8) is 0 Å². The lowest BCUT2D eigenvalue weighted by molar-refractivity contribution is -0.151. The maximum Gasteiger partial charge on any atom is 0.343 e. The molecule has 0 fully saturated rings. The van der Waals surface area contributed by atoms with Crippen LogP contribution in [0.2, 0.25) is 0 Å². The predicted octanol–water partition coefficient (Wildman–Crippen LogP) is 1.23. The van der Waals surface area contributed by atoms with Gasteiger partial charge in [0.2, 0.25) is 6.17 Å². The maximum absolute atomic E-state index is 13.2. The molecule has 1 N–H and O–H groups in total. The molecule has 76 valence electrons. The van der Waals surface area contributed by atoms with Gasteiger partial charge in [0.25, 0.3) is 0 Å². The van der Waals surface area contributed by atoms with E-state index in [-0.39, 0.29) is 0 Å². The zero-order valence-corrected chi connectivity index (χ0v) is 7.68. The van der Waals surface area contributed by atoms with Crippen LogP contribution >= 0.6 is 0 Å². The van der Waals surface area contributed by atoms with Gasteiger partial charge in [0.15, 0.2) is 0 Å². The summed E-state index contributed by atoms with van der Waals surface area (Å²) < 4.78 is 17.3. The van der Waals surface area contributed by atoms with Gasteiger partial charge in [-0.3, -0.25) is 0 Å². The van der Waals surface area contributed by atoms with Gasteiger partial charge in [-0.05, 0) is 5.56 Å². The lowest BCUT2D eigenvalue weighted by Crippen LogP contribution is -2.24. The topological polar surface area (TPSA) is 46.5 Å². The number of halogens is 1. The summed E-state index contributed by atoms with van der Waals surface area (Å²) in [5, 5.41) is 9.41. The predicted molar refractivity (Wildman–Crippen MR) is 48.3 cm³/mol. The second-order valence-electron chi connectivity index (χ2n) is 2.78. The number of benzene rings is 1. The first-order valence-electron chi connectivity index (χ1n) is 4.11. The number of aliphatic hydroxyl groups excluding tert-OH is 1. The van der Waals surface area contributed by atoms with Gasteiger partial charge in [0, 0.05) is 0 Å². The first kappa shape index (κ1) is 10.7. The fraction of sp³-hybridized carbons (Fsp3) is 0.300. The van der Waals surface area contributed by atoms with Crippen LogP contribution in [0.25, 0.3) is 0 Å². The molecule has 0 saturated heterocycles. The van der Waals surface area contributed by atoms with Gasteiger partial charge in [-0.25, -0.2) is 9.18 Å². The van der Waals surface area contributed by atoms with Crippen LogP contribution in [0.15, 0.2) is 30.3 Å². The molecule has 0 aromatic heterocycles. The molecule has 0 saturated carbocycles. The van der Waals surface area contributed by atoms with Crippen LogP contribution in [0.4, 0.5) is 4.39 Å². The van der Waals surface area contributed by atoms with Crippen LogP contribution in [0.3, 0.4) is 0 Å². The van der Waals surface area contributed by atoms with E-state index in [9.17, 15) is 14.3 Å². The van der Waals surface area contributed by atoms with Crippen molar-refractivity contribution >= 4 is 5.97 Å². The molecule has 0 aliphatic carbocycles. The molecule has 2 unspecified atom stereocenters. The Morgan fingerprint density at radius 2 is 2.00 bits per heavy atom. The van der Waals surface area contributed by atoms with Crippen LogP contribution in [0, 0.1) is 0 Å². The maximum atomic E-state index is 13.2.